The zero-order valence-corrected chi connectivity index (χ0v) is 11.0. The molecule has 92 valence electrons. The van der Waals surface area contributed by atoms with Gasteiger partial charge in [-0.3, -0.25) is 0 Å². The maximum absolute atomic E-state index is 3.58. The van der Waals surface area contributed by atoms with E-state index in [1.165, 1.54) is 28.8 Å². The van der Waals surface area contributed by atoms with E-state index in [1.807, 2.05) is 0 Å². The molecule has 0 saturated heterocycles. The predicted molar refractivity (Wildman–Crippen MR) is 78.6 cm³/mol. The van der Waals surface area contributed by atoms with E-state index in [-0.39, 0.29) is 5.54 Å². The van der Waals surface area contributed by atoms with Gasteiger partial charge in [0.15, 0.2) is 0 Å². The van der Waals surface area contributed by atoms with Crippen LogP contribution in [0.15, 0.2) is 54.1 Å². The smallest absolute Gasteiger partial charge is 0.0509 e. The lowest BCUT2D eigenvalue weighted by Gasteiger charge is -2.33. The van der Waals surface area contributed by atoms with Gasteiger partial charge in [0.05, 0.1) is 5.54 Å². The molecule has 18 heavy (non-hydrogen) atoms. The molecule has 1 aromatic carbocycles. The maximum atomic E-state index is 3.58. The number of allylic oxidation sites excluding steroid dienone is 5. The van der Waals surface area contributed by atoms with Crippen molar-refractivity contribution in [3.63, 3.8) is 0 Å². The van der Waals surface area contributed by atoms with Crippen LogP contribution in [0.1, 0.15) is 32.3 Å². The van der Waals surface area contributed by atoms with E-state index < -0.39 is 0 Å². The van der Waals surface area contributed by atoms with Crippen molar-refractivity contribution in [2.75, 3.05) is 5.32 Å². The molecule has 1 aromatic rings. The van der Waals surface area contributed by atoms with Crippen LogP contribution in [0.2, 0.25) is 0 Å². The van der Waals surface area contributed by atoms with E-state index in [1.54, 1.807) is 0 Å². The van der Waals surface area contributed by atoms with Gasteiger partial charge in [0.1, 0.15) is 0 Å². The largest absolute Gasteiger partial charge is 0.376 e. The highest BCUT2D eigenvalue weighted by Gasteiger charge is 2.24. The summed E-state index contributed by atoms with van der Waals surface area (Å²) in [7, 11) is 0. The minimum absolute atomic E-state index is 0.00974. The quantitative estimate of drug-likeness (QED) is 0.755. The van der Waals surface area contributed by atoms with Crippen molar-refractivity contribution in [3.05, 3.63) is 59.7 Å². The lowest BCUT2D eigenvalue weighted by molar-refractivity contribution is 0.708. The third-order valence-corrected chi connectivity index (χ3v) is 3.49. The van der Waals surface area contributed by atoms with Gasteiger partial charge in [0.2, 0.25) is 0 Å². The number of nitrogens with one attached hydrogen (secondary N) is 1. The minimum Gasteiger partial charge on any atom is -0.376 e. The number of hydrogen-bond acceptors (Lipinski definition) is 1. The van der Waals surface area contributed by atoms with Crippen LogP contribution in [0, 0.1) is 0 Å². The summed E-state index contributed by atoms with van der Waals surface area (Å²) in [6, 6.07) is 8.57. The molecule has 0 saturated carbocycles. The molecule has 1 nitrogen and oxygen atoms in total. The molecular weight excluding hydrogens is 218 g/mol. The molecule has 1 N–H and O–H groups in total. The average Bonchev–Trinajstić information content (AvgIpc) is 2.38. The van der Waals surface area contributed by atoms with Crippen molar-refractivity contribution in [2.24, 2.45) is 0 Å². The highest BCUT2D eigenvalue weighted by Crippen LogP contribution is 2.38. The molecule has 1 aliphatic heterocycles. The molecule has 0 amide bonds. The van der Waals surface area contributed by atoms with Crippen LogP contribution in [0.5, 0.6) is 0 Å². The van der Waals surface area contributed by atoms with Crippen molar-refractivity contribution in [1.29, 1.82) is 0 Å². The topological polar surface area (TPSA) is 12.0 Å². The van der Waals surface area contributed by atoms with E-state index in [0.717, 1.165) is 6.42 Å². The van der Waals surface area contributed by atoms with Gasteiger partial charge in [0.25, 0.3) is 0 Å². The Labute approximate surface area is 109 Å². The Kier molecular flexibility index (Phi) is 2.62. The fraction of sp³-hybridized carbons (Fsp3) is 0.294. The highest BCUT2D eigenvalue weighted by atomic mass is 15.0. The van der Waals surface area contributed by atoms with Crippen molar-refractivity contribution in [3.8, 4) is 0 Å². The Bertz CT molecular complexity index is 559. The third kappa shape index (κ3) is 2.01. The van der Waals surface area contributed by atoms with Gasteiger partial charge < -0.3 is 5.32 Å². The van der Waals surface area contributed by atoms with Crippen LogP contribution in [-0.2, 0) is 0 Å². The van der Waals surface area contributed by atoms with Crippen LogP contribution < -0.4 is 5.32 Å². The van der Waals surface area contributed by atoms with Crippen molar-refractivity contribution >= 4 is 11.3 Å². The molecule has 1 heteroatoms. The molecule has 1 heterocycles. The van der Waals surface area contributed by atoms with E-state index in [0.29, 0.717) is 0 Å². The molecular formula is C17H19N. The van der Waals surface area contributed by atoms with E-state index in [4.69, 9.17) is 0 Å². The van der Waals surface area contributed by atoms with Gasteiger partial charge in [-0.1, -0.05) is 42.5 Å². The zero-order valence-electron chi connectivity index (χ0n) is 11.0. The number of benzene rings is 1. The van der Waals surface area contributed by atoms with Crippen LogP contribution in [0.4, 0.5) is 5.69 Å². The van der Waals surface area contributed by atoms with E-state index in [9.17, 15) is 0 Å². The van der Waals surface area contributed by atoms with Crippen LogP contribution >= 0.6 is 0 Å². The zero-order chi connectivity index (χ0) is 12.6. The number of fused-ring (bicyclic) bond motifs is 1. The monoisotopic (exact) mass is 237 g/mol. The first kappa shape index (κ1) is 11.3. The molecule has 0 bridgehead atoms. The first-order valence-corrected chi connectivity index (χ1v) is 6.63. The Morgan fingerprint density at radius 2 is 1.94 bits per heavy atom. The molecule has 0 unspecified atom stereocenters. The summed E-state index contributed by atoms with van der Waals surface area (Å²) in [4.78, 5) is 0. The third-order valence-electron chi connectivity index (χ3n) is 3.49. The van der Waals surface area contributed by atoms with Crippen LogP contribution in [0.25, 0.3) is 5.57 Å². The lowest BCUT2D eigenvalue weighted by Crippen LogP contribution is -2.31. The number of rotatable bonds is 1. The van der Waals surface area contributed by atoms with Gasteiger partial charge in [-0.25, -0.2) is 0 Å². The number of anilines is 1. The summed E-state index contributed by atoms with van der Waals surface area (Å²) in [6.45, 7) is 4.44. The summed E-state index contributed by atoms with van der Waals surface area (Å²) in [5, 5.41) is 3.58. The summed E-state index contributed by atoms with van der Waals surface area (Å²) in [5.74, 6) is 0. The fourth-order valence-corrected chi connectivity index (χ4v) is 2.70. The summed E-state index contributed by atoms with van der Waals surface area (Å²) in [6.07, 6.45) is 11.5. The molecule has 1 aliphatic carbocycles. The minimum atomic E-state index is 0.00974. The Balaban J connectivity index is 2.13. The predicted octanol–water partition coefficient (Wildman–Crippen LogP) is 4.55. The number of hydrogen-bond donors (Lipinski definition) is 1. The molecule has 0 atom stereocenters. The molecule has 2 aliphatic rings. The van der Waals surface area contributed by atoms with Gasteiger partial charge in [-0.05, 0) is 43.9 Å². The fourth-order valence-electron chi connectivity index (χ4n) is 2.70. The van der Waals surface area contributed by atoms with Gasteiger partial charge in [0, 0.05) is 11.3 Å². The summed E-state index contributed by atoms with van der Waals surface area (Å²) < 4.78 is 0. The molecule has 0 radical (unpaired) electrons. The van der Waals surface area contributed by atoms with Crippen molar-refractivity contribution in [2.45, 2.75) is 32.2 Å². The highest BCUT2D eigenvalue weighted by molar-refractivity contribution is 5.91. The summed E-state index contributed by atoms with van der Waals surface area (Å²) in [5.41, 5.74) is 5.29. The Morgan fingerprint density at radius 3 is 2.72 bits per heavy atom. The molecule has 0 spiro atoms. The average molecular weight is 237 g/mol. The maximum Gasteiger partial charge on any atom is 0.0509 e. The summed E-state index contributed by atoms with van der Waals surface area (Å²) >= 11 is 0. The first-order valence-electron chi connectivity index (χ1n) is 6.63. The Morgan fingerprint density at radius 1 is 1.11 bits per heavy atom. The van der Waals surface area contributed by atoms with Crippen molar-refractivity contribution in [1.82, 2.24) is 0 Å². The standard InChI is InChI=1S/C17H19N/c1-17(2)12-15(13-8-4-3-5-9-13)14-10-6-7-11-16(14)18-17/h4,6-12,18H,3,5H2,1-2H3. The molecule has 0 aromatic heterocycles. The Hall–Kier alpha value is -1.76. The second kappa shape index (κ2) is 4.16. The number of para-hydroxylation sites is 1. The van der Waals surface area contributed by atoms with E-state index >= 15 is 0 Å². The van der Waals surface area contributed by atoms with Crippen LogP contribution in [0.3, 0.4) is 0 Å². The molecule has 0 fully saturated rings. The van der Waals surface area contributed by atoms with Crippen LogP contribution in [-0.4, -0.2) is 5.54 Å². The van der Waals surface area contributed by atoms with Crippen molar-refractivity contribution < 1.29 is 0 Å². The molecule has 3 rings (SSSR count). The van der Waals surface area contributed by atoms with Gasteiger partial charge in [-0.15, -0.1) is 0 Å². The van der Waals surface area contributed by atoms with Gasteiger partial charge in [-0.2, -0.15) is 0 Å². The first-order chi connectivity index (χ1) is 8.66. The van der Waals surface area contributed by atoms with E-state index in [2.05, 4.69) is 67.7 Å². The second-order valence-electron chi connectivity index (χ2n) is 5.59. The SMILES string of the molecule is CC1(C)C=C(C2=CCCC=C2)c2ccccc2N1. The van der Waals surface area contributed by atoms with Gasteiger partial charge >= 0.3 is 0 Å². The second-order valence-corrected chi connectivity index (χ2v) is 5.59. The lowest BCUT2D eigenvalue weighted by atomic mass is 9.85. The normalized spacial score (nSPS) is 20.6.